The van der Waals surface area contributed by atoms with E-state index in [1.165, 1.54) is 12.1 Å². The van der Waals surface area contributed by atoms with Crippen LogP contribution in [0.4, 0.5) is 21.6 Å². The number of benzene rings is 1. The lowest BCUT2D eigenvalue weighted by molar-refractivity contribution is 0.628. The molecule has 7 heteroatoms. The monoisotopic (exact) mass is 370 g/mol. The van der Waals surface area contributed by atoms with E-state index < -0.39 is 5.82 Å². The molecule has 0 fully saturated rings. The summed E-state index contributed by atoms with van der Waals surface area (Å²) in [7, 11) is 0. The van der Waals surface area contributed by atoms with Gasteiger partial charge in [-0.2, -0.15) is 0 Å². The number of nitrogen functional groups attached to an aromatic ring is 1. The summed E-state index contributed by atoms with van der Waals surface area (Å²) in [4.78, 5) is 8.48. The molecule has 0 atom stereocenters. The minimum Gasteiger partial charge on any atom is -0.436 e. The van der Waals surface area contributed by atoms with Gasteiger partial charge in [-0.15, -0.1) is 0 Å². The first-order valence-corrected chi connectivity index (χ1v) is 7.81. The second-order valence-electron chi connectivity index (χ2n) is 5.37. The van der Waals surface area contributed by atoms with Crippen LogP contribution in [0.25, 0.3) is 22.2 Å². The molecule has 0 bridgehead atoms. The Labute approximate surface area is 154 Å². The Kier molecular flexibility index (Phi) is 4.77. The van der Waals surface area contributed by atoms with E-state index in [1.807, 2.05) is 12.1 Å². The van der Waals surface area contributed by atoms with Crippen molar-refractivity contribution >= 4 is 39.8 Å². The van der Waals surface area contributed by atoms with Gasteiger partial charge >= 0.3 is 0 Å². The fourth-order valence-corrected chi connectivity index (χ4v) is 2.78. The van der Waals surface area contributed by atoms with Crippen molar-refractivity contribution < 1.29 is 8.81 Å². The van der Waals surface area contributed by atoms with Crippen LogP contribution in [0.3, 0.4) is 0 Å². The second-order valence-corrected chi connectivity index (χ2v) is 5.78. The van der Waals surface area contributed by atoms with Crippen molar-refractivity contribution in [3.8, 4) is 11.3 Å². The predicted molar refractivity (Wildman–Crippen MR) is 103 cm³/mol. The topological polar surface area (TPSA) is 77.0 Å². The molecule has 3 N–H and O–H groups in total. The molecule has 3 heterocycles. The van der Waals surface area contributed by atoms with E-state index in [1.54, 1.807) is 30.7 Å². The van der Waals surface area contributed by atoms with E-state index in [4.69, 9.17) is 21.8 Å². The van der Waals surface area contributed by atoms with Crippen LogP contribution >= 0.6 is 11.6 Å². The molecule has 0 aliphatic heterocycles. The highest BCUT2D eigenvalue weighted by Crippen LogP contribution is 2.39. The van der Waals surface area contributed by atoms with Gasteiger partial charge < -0.3 is 15.5 Å². The van der Waals surface area contributed by atoms with Crippen LogP contribution in [0.5, 0.6) is 0 Å². The molecule has 132 valence electrons. The van der Waals surface area contributed by atoms with Crippen molar-refractivity contribution in [3.05, 3.63) is 65.8 Å². The highest BCUT2D eigenvalue weighted by atomic mass is 35.5. The molecule has 0 saturated carbocycles. The van der Waals surface area contributed by atoms with E-state index in [0.717, 1.165) is 10.9 Å². The van der Waals surface area contributed by atoms with Gasteiger partial charge in [-0.3, -0.25) is 9.97 Å². The maximum Gasteiger partial charge on any atom is 0.215 e. The third-order valence-corrected chi connectivity index (χ3v) is 4.05. The molecule has 3 aromatic heterocycles. The quantitative estimate of drug-likeness (QED) is 0.487. The Bertz CT molecular complexity index is 1070. The second kappa shape index (κ2) is 7.01. The van der Waals surface area contributed by atoms with E-state index >= 15 is 0 Å². The van der Waals surface area contributed by atoms with Gasteiger partial charge in [0.15, 0.2) is 5.58 Å². The first-order chi connectivity index (χ1) is 12.1. The van der Waals surface area contributed by atoms with Crippen molar-refractivity contribution in [2.45, 2.75) is 7.43 Å². The maximum absolute atomic E-state index is 13.3. The summed E-state index contributed by atoms with van der Waals surface area (Å²) in [5.74, 6) is -0.283. The third-order valence-electron chi connectivity index (χ3n) is 3.76. The Morgan fingerprint density at radius 2 is 2.00 bits per heavy atom. The number of halogens is 2. The summed E-state index contributed by atoms with van der Waals surface area (Å²) in [6.45, 7) is 0. The van der Waals surface area contributed by atoms with Gasteiger partial charge in [-0.1, -0.05) is 19.0 Å². The number of nitrogens with zero attached hydrogens (tertiary/aromatic N) is 2. The largest absolute Gasteiger partial charge is 0.436 e. The van der Waals surface area contributed by atoms with Crippen molar-refractivity contribution in [2.75, 3.05) is 11.1 Å². The van der Waals surface area contributed by atoms with Crippen LogP contribution < -0.4 is 11.1 Å². The fraction of sp³-hybridized carbons (Fsp3) is 0.0526. The zero-order valence-corrected chi connectivity index (χ0v) is 13.6. The van der Waals surface area contributed by atoms with Crippen molar-refractivity contribution in [3.63, 3.8) is 0 Å². The van der Waals surface area contributed by atoms with E-state index in [0.29, 0.717) is 22.7 Å². The van der Waals surface area contributed by atoms with Gasteiger partial charge in [0, 0.05) is 29.8 Å². The van der Waals surface area contributed by atoms with Gasteiger partial charge in [0.1, 0.15) is 17.2 Å². The zero-order valence-electron chi connectivity index (χ0n) is 12.8. The van der Waals surface area contributed by atoms with Crippen LogP contribution in [-0.2, 0) is 0 Å². The first-order valence-electron chi connectivity index (χ1n) is 7.43. The van der Waals surface area contributed by atoms with Crippen LogP contribution in [0.1, 0.15) is 7.43 Å². The highest BCUT2D eigenvalue weighted by Gasteiger charge is 2.17. The molecule has 0 saturated heterocycles. The highest BCUT2D eigenvalue weighted by molar-refractivity contribution is 6.31. The number of pyridine rings is 2. The van der Waals surface area contributed by atoms with Crippen molar-refractivity contribution in [1.82, 2.24) is 9.97 Å². The molecule has 5 nitrogen and oxygen atoms in total. The average Bonchev–Trinajstić information content (AvgIpc) is 2.94. The molecule has 0 aliphatic rings. The number of nitrogens with one attached hydrogen (secondary N) is 1. The molecule has 0 spiro atoms. The molecule has 1 aromatic carbocycles. The molecule has 0 aliphatic carbocycles. The van der Waals surface area contributed by atoms with E-state index in [-0.39, 0.29) is 18.3 Å². The number of rotatable bonds is 3. The minimum atomic E-state index is -0.486. The molecular weight excluding hydrogens is 355 g/mol. The minimum absolute atomic E-state index is 0. The number of aromatic nitrogens is 2. The van der Waals surface area contributed by atoms with Crippen molar-refractivity contribution in [2.24, 2.45) is 0 Å². The number of nitrogens with two attached hydrogens (primary N) is 1. The number of anilines is 3. The summed E-state index contributed by atoms with van der Waals surface area (Å²) >= 11 is 5.83. The summed E-state index contributed by atoms with van der Waals surface area (Å²) in [5.41, 5.74) is 9.21. The van der Waals surface area contributed by atoms with Gasteiger partial charge in [0.05, 0.1) is 10.4 Å². The summed E-state index contributed by atoms with van der Waals surface area (Å²) in [6.07, 6.45) is 5.06. The third kappa shape index (κ3) is 3.07. The lowest BCUT2D eigenvalue weighted by Crippen LogP contribution is -1.94. The summed E-state index contributed by atoms with van der Waals surface area (Å²) in [6, 6.07) is 9.84. The SMILES string of the molecule is C.Nc1oc2c(-c3cccnc3)nccc2c1Nc1ccc(F)c(Cl)c1. The number of hydrogen-bond acceptors (Lipinski definition) is 5. The smallest absolute Gasteiger partial charge is 0.215 e. The number of fused-ring (bicyclic) bond motifs is 1. The molecule has 4 aromatic rings. The van der Waals surface area contributed by atoms with Crippen molar-refractivity contribution in [1.29, 1.82) is 0 Å². The Morgan fingerprint density at radius 1 is 1.15 bits per heavy atom. The molecule has 4 rings (SSSR count). The Balaban J connectivity index is 0.00000196. The first kappa shape index (κ1) is 17.7. The number of furan rings is 1. The van der Waals surface area contributed by atoms with Gasteiger partial charge in [-0.25, -0.2) is 4.39 Å². The van der Waals surface area contributed by atoms with Gasteiger partial charge in [-0.05, 0) is 36.4 Å². The van der Waals surface area contributed by atoms with Crippen LogP contribution in [-0.4, -0.2) is 9.97 Å². The average molecular weight is 371 g/mol. The zero-order chi connectivity index (χ0) is 17.4. The number of hydrogen-bond donors (Lipinski definition) is 2. The Hall–Kier alpha value is -3.12. The van der Waals surface area contributed by atoms with Crippen LogP contribution in [0.15, 0.2) is 59.4 Å². The van der Waals surface area contributed by atoms with Crippen LogP contribution in [0.2, 0.25) is 5.02 Å². The van der Waals surface area contributed by atoms with Gasteiger partial charge in [0.2, 0.25) is 5.88 Å². The lowest BCUT2D eigenvalue weighted by Gasteiger charge is -2.06. The van der Waals surface area contributed by atoms with Crippen LogP contribution in [0, 0.1) is 5.82 Å². The lowest BCUT2D eigenvalue weighted by atomic mass is 10.1. The standard InChI is InChI=1S/C18H12ClFN4O.CH4/c19-13-8-11(3-4-14(13)20)24-16-12-5-7-23-15(17(12)25-18(16)21)10-2-1-6-22-9-10;/h1-9,24H,21H2;1H4. The Morgan fingerprint density at radius 3 is 2.73 bits per heavy atom. The fourth-order valence-electron chi connectivity index (χ4n) is 2.60. The van der Waals surface area contributed by atoms with E-state index in [9.17, 15) is 4.39 Å². The van der Waals surface area contributed by atoms with Gasteiger partial charge in [0.25, 0.3) is 0 Å². The normalized spacial score (nSPS) is 10.5. The summed E-state index contributed by atoms with van der Waals surface area (Å²) < 4.78 is 19.1. The maximum atomic E-state index is 13.3. The summed E-state index contributed by atoms with van der Waals surface area (Å²) in [5, 5.41) is 3.91. The molecule has 0 amide bonds. The predicted octanol–water partition coefficient (Wildman–Crippen LogP) is 5.64. The molecule has 0 unspecified atom stereocenters. The molecule has 0 radical (unpaired) electrons. The molecular formula is C19H16ClFN4O. The molecule has 26 heavy (non-hydrogen) atoms. The van der Waals surface area contributed by atoms with E-state index in [2.05, 4.69) is 15.3 Å².